The fourth-order valence-electron chi connectivity index (χ4n) is 3.46. The Hall–Kier alpha value is -1.70. The molecule has 4 N–H and O–H groups in total. The Morgan fingerprint density at radius 2 is 1.28 bits per heavy atom. The number of hydrogen-bond donors (Lipinski definition) is 4. The zero-order chi connectivity index (χ0) is 18.1. The smallest absolute Gasteiger partial charge is 0.257 e. The number of nitrogens with one attached hydrogen (secondary N) is 4. The molecule has 0 aromatic heterocycles. The molecule has 2 aliphatic rings. The van der Waals surface area contributed by atoms with Gasteiger partial charge in [0.25, 0.3) is 5.91 Å². The number of hydrazine groups is 1. The Morgan fingerprint density at radius 1 is 0.760 bits per heavy atom. The van der Waals surface area contributed by atoms with Crippen LogP contribution in [0.5, 0.6) is 0 Å². The van der Waals surface area contributed by atoms with Gasteiger partial charge in [0.15, 0.2) is 5.11 Å². The molecule has 2 saturated carbocycles. The molecule has 0 spiro atoms. The Balaban J connectivity index is 1.59. The van der Waals surface area contributed by atoms with E-state index in [0.29, 0.717) is 0 Å². The molecule has 2 aliphatic carbocycles. The summed E-state index contributed by atoms with van der Waals surface area (Å²) >= 11 is 5.01. The van der Waals surface area contributed by atoms with Gasteiger partial charge in [-0.05, 0) is 37.9 Å². The Labute approximate surface area is 154 Å². The number of carbonyl (C=O) groups excluding carboxylic acids is 3. The van der Waals surface area contributed by atoms with E-state index in [4.69, 9.17) is 12.2 Å². The van der Waals surface area contributed by atoms with Crippen LogP contribution < -0.4 is 21.5 Å². The van der Waals surface area contributed by atoms with Gasteiger partial charge in [-0.25, -0.2) is 0 Å². The molecule has 0 atom stereocenters. The van der Waals surface area contributed by atoms with E-state index in [0.717, 1.165) is 51.4 Å². The first-order valence-corrected chi connectivity index (χ1v) is 9.64. The third-order valence-corrected chi connectivity index (χ3v) is 5.13. The maximum absolute atomic E-state index is 12.0. The van der Waals surface area contributed by atoms with Crippen LogP contribution in [0.4, 0.5) is 0 Å². The zero-order valence-corrected chi connectivity index (χ0v) is 15.4. The molecular formula is C17H28N4O3S. The van der Waals surface area contributed by atoms with Crippen molar-refractivity contribution in [2.75, 3.05) is 6.54 Å². The second kappa shape index (κ2) is 10.3. The van der Waals surface area contributed by atoms with Crippen molar-refractivity contribution >= 4 is 35.1 Å². The summed E-state index contributed by atoms with van der Waals surface area (Å²) in [7, 11) is 0. The van der Waals surface area contributed by atoms with Crippen molar-refractivity contribution in [3.05, 3.63) is 0 Å². The third kappa shape index (κ3) is 6.97. The predicted molar refractivity (Wildman–Crippen MR) is 98.2 cm³/mol. The molecule has 25 heavy (non-hydrogen) atoms. The topological polar surface area (TPSA) is 99.3 Å². The van der Waals surface area contributed by atoms with Crippen LogP contribution in [0.2, 0.25) is 0 Å². The summed E-state index contributed by atoms with van der Waals surface area (Å²) in [6.07, 6.45) is 10.2. The number of carbonyl (C=O) groups is 3. The molecule has 0 unspecified atom stereocenters. The maximum Gasteiger partial charge on any atom is 0.257 e. The molecule has 0 bridgehead atoms. The first-order valence-electron chi connectivity index (χ1n) is 9.23. The summed E-state index contributed by atoms with van der Waals surface area (Å²) in [5.41, 5.74) is 4.89. The van der Waals surface area contributed by atoms with E-state index < -0.39 is 5.91 Å². The number of thiocarbonyl (C=S) groups is 1. The standard InChI is InChI=1S/C17H28N4O3S/c22-14(11-18-15(23)12-7-3-1-4-8-12)20-21-17(25)19-16(24)13-9-5-2-6-10-13/h12-13H,1-11H2,(H,18,23)(H,20,22)(H2,19,21,24,25). The van der Waals surface area contributed by atoms with Crippen LogP contribution in [-0.2, 0) is 14.4 Å². The van der Waals surface area contributed by atoms with Gasteiger partial charge in [0, 0.05) is 11.8 Å². The van der Waals surface area contributed by atoms with Crippen molar-refractivity contribution in [1.29, 1.82) is 0 Å². The largest absolute Gasteiger partial charge is 0.347 e. The van der Waals surface area contributed by atoms with Gasteiger partial charge in [-0.3, -0.25) is 25.2 Å². The van der Waals surface area contributed by atoms with Gasteiger partial charge in [0.05, 0.1) is 6.54 Å². The number of rotatable bonds is 4. The van der Waals surface area contributed by atoms with Crippen molar-refractivity contribution in [1.82, 2.24) is 21.5 Å². The third-order valence-electron chi connectivity index (χ3n) is 4.93. The first-order chi connectivity index (χ1) is 12.1. The lowest BCUT2D eigenvalue weighted by molar-refractivity contribution is -0.129. The highest BCUT2D eigenvalue weighted by atomic mass is 32.1. The molecule has 0 saturated heterocycles. The molecule has 140 valence electrons. The van der Waals surface area contributed by atoms with Gasteiger partial charge in [0.1, 0.15) is 0 Å². The summed E-state index contributed by atoms with van der Waals surface area (Å²) in [5, 5.41) is 5.32. The van der Waals surface area contributed by atoms with Gasteiger partial charge in [0.2, 0.25) is 11.8 Å². The lowest BCUT2D eigenvalue weighted by Gasteiger charge is -2.21. The van der Waals surface area contributed by atoms with Crippen molar-refractivity contribution in [2.24, 2.45) is 11.8 Å². The Kier molecular flexibility index (Phi) is 8.11. The van der Waals surface area contributed by atoms with Crippen LogP contribution in [-0.4, -0.2) is 29.4 Å². The Morgan fingerprint density at radius 3 is 1.84 bits per heavy atom. The molecular weight excluding hydrogens is 340 g/mol. The molecule has 2 fully saturated rings. The molecule has 0 aromatic carbocycles. The van der Waals surface area contributed by atoms with Gasteiger partial charge in [-0.15, -0.1) is 0 Å². The molecule has 0 aromatic rings. The summed E-state index contributed by atoms with van der Waals surface area (Å²) in [6, 6.07) is 0. The second-order valence-electron chi connectivity index (χ2n) is 6.88. The van der Waals surface area contributed by atoms with Crippen molar-refractivity contribution in [2.45, 2.75) is 64.2 Å². The van der Waals surface area contributed by atoms with Crippen LogP contribution >= 0.6 is 12.2 Å². The maximum atomic E-state index is 12.0. The highest BCUT2D eigenvalue weighted by molar-refractivity contribution is 7.80. The van der Waals surface area contributed by atoms with E-state index >= 15 is 0 Å². The van der Waals surface area contributed by atoms with E-state index in [1.807, 2.05) is 0 Å². The summed E-state index contributed by atoms with van der Waals surface area (Å²) in [5.74, 6) is -0.553. The lowest BCUT2D eigenvalue weighted by Crippen LogP contribution is -2.52. The van der Waals surface area contributed by atoms with Crippen LogP contribution in [0.25, 0.3) is 0 Å². The molecule has 0 aliphatic heterocycles. The quantitative estimate of drug-likeness (QED) is 0.443. The molecule has 7 nitrogen and oxygen atoms in total. The van der Waals surface area contributed by atoms with Crippen molar-refractivity contribution < 1.29 is 14.4 Å². The minimum Gasteiger partial charge on any atom is -0.347 e. The van der Waals surface area contributed by atoms with Crippen LogP contribution in [0, 0.1) is 11.8 Å². The fraction of sp³-hybridized carbons (Fsp3) is 0.765. The number of hydrogen-bond acceptors (Lipinski definition) is 4. The minimum atomic E-state index is -0.404. The van der Waals surface area contributed by atoms with E-state index in [2.05, 4.69) is 21.5 Å². The SMILES string of the molecule is O=C(CNC(=O)C1CCCCC1)NNC(=S)NC(=O)C1CCCCC1. The van der Waals surface area contributed by atoms with E-state index in [1.54, 1.807) is 0 Å². The molecule has 0 radical (unpaired) electrons. The van der Waals surface area contributed by atoms with Gasteiger partial charge in [-0.2, -0.15) is 0 Å². The van der Waals surface area contributed by atoms with Crippen LogP contribution in [0.3, 0.4) is 0 Å². The molecule has 2 rings (SSSR count). The molecule has 8 heteroatoms. The van der Waals surface area contributed by atoms with Crippen LogP contribution in [0.15, 0.2) is 0 Å². The minimum absolute atomic E-state index is 0.000942. The fourth-order valence-corrected chi connectivity index (χ4v) is 3.61. The van der Waals surface area contributed by atoms with Gasteiger partial charge < -0.3 is 10.6 Å². The Bertz CT molecular complexity index is 500. The highest BCUT2D eigenvalue weighted by Crippen LogP contribution is 2.24. The predicted octanol–water partition coefficient (Wildman–Crippen LogP) is 1.29. The summed E-state index contributed by atoms with van der Waals surface area (Å²) in [4.78, 5) is 35.8. The van der Waals surface area contributed by atoms with Gasteiger partial charge >= 0.3 is 0 Å². The highest BCUT2D eigenvalue weighted by Gasteiger charge is 2.22. The molecule has 3 amide bonds. The van der Waals surface area contributed by atoms with E-state index in [9.17, 15) is 14.4 Å². The monoisotopic (exact) mass is 368 g/mol. The van der Waals surface area contributed by atoms with E-state index in [1.165, 1.54) is 12.8 Å². The lowest BCUT2D eigenvalue weighted by atomic mass is 9.89. The number of amides is 3. The summed E-state index contributed by atoms with van der Waals surface area (Å²) < 4.78 is 0. The van der Waals surface area contributed by atoms with Gasteiger partial charge in [-0.1, -0.05) is 38.5 Å². The first kappa shape index (κ1) is 19.6. The van der Waals surface area contributed by atoms with Crippen LogP contribution in [0.1, 0.15) is 64.2 Å². The summed E-state index contributed by atoms with van der Waals surface area (Å²) in [6.45, 7) is -0.110. The average Bonchev–Trinajstić information content (AvgIpc) is 2.65. The normalized spacial score (nSPS) is 18.9. The average molecular weight is 369 g/mol. The zero-order valence-electron chi connectivity index (χ0n) is 14.6. The van der Waals surface area contributed by atoms with Crippen molar-refractivity contribution in [3.63, 3.8) is 0 Å². The van der Waals surface area contributed by atoms with E-state index in [-0.39, 0.29) is 35.3 Å². The van der Waals surface area contributed by atoms with Crippen molar-refractivity contribution in [3.8, 4) is 0 Å². The second-order valence-corrected chi connectivity index (χ2v) is 7.29. The molecule has 0 heterocycles.